The maximum atomic E-state index is 12.5. The Morgan fingerprint density at radius 2 is 1.83 bits per heavy atom. The first-order valence-electron chi connectivity index (χ1n) is 6.25. The molecule has 1 aromatic heterocycles. The second-order valence-electron chi connectivity index (χ2n) is 4.73. The third-order valence-corrected chi connectivity index (χ3v) is 7.52. The van der Waals surface area contributed by atoms with Crippen LogP contribution in [0.4, 0.5) is 0 Å². The smallest absolute Gasteiger partial charge is 0.206 e. The van der Waals surface area contributed by atoms with Gasteiger partial charge in [0.25, 0.3) is 10.0 Å². The van der Waals surface area contributed by atoms with Crippen LogP contribution in [0.5, 0.6) is 0 Å². The lowest BCUT2D eigenvalue weighted by Crippen LogP contribution is -2.36. The van der Waals surface area contributed by atoms with E-state index in [4.69, 9.17) is 0 Å². The molecule has 0 bridgehead atoms. The Bertz CT molecular complexity index is 490. The van der Waals surface area contributed by atoms with E-state index in [-0.39, 0.29) is 6.04 Å². The van der Waals surface area contributed by atoms with Crippen LogP contribution < -0.4 is 0 Å². The minimum Gasteiger partial charge on any atom is -0.206 e. The third-order valence-electron chi connectivity index (χ3n) is 3.52. The van der Waals surface area contributed by atoms with Gasteiger partial charge in [0.15, 0.2) is 0 Å². The zero-order valence-electron chi connectivity index (χ0n) is 10.4. The molecule has 1 aromatic rings. The molecule has 0 aliphatic heterocycles. The highest BCUT2D eigenvalue weighted by molar-refractivity contribution is 9.11. The molecule has 0 amide bonds. The molecule has 0 aromatic carbocycles. The molecule has 6 heteroatoms. The second-order valence-corrected chi connectivity index (χ2v) is 9.41. The van der Waals surface area contributed by atoms with Crippen molar-refractivity contribution < 1.29 is 8.42 Å². The molecule has 0 atom stereocenters. The van der Waals surface area contributed by atoms with E-state index in [2.05, 4.69) is 15.9 Å². The van der Waals surface area contributed by atoms with Crippen molar-refractivity contribution >= 4 is 37.3 Å². The van der Waals surface area contributed by atoms with Crippen LogP contribution in [-0.4, -0.2) is 25.8 Å². The van der Waals surface area contributed by atoms with E-state index in [9.17, 15) is 8.42 Å². The maximum Gasteiger partial charge on any atom is 0.252 e. The molecule has 0 saturated heterocycles. The summed E-state index contributed by atoms with van der Waals surface area (Å²) in [5, 5.41) is 0. The van der Waals surface area contributed by atoms with Gasteiger partial charge >= 0.3 is 0 Å². The molecule has 102 valence electrons. The summed E-state index contributed by atoms with van der Waals surface area (Å²) < 4.78 is 27.8. The first-order chi connectivity index (χ1) is 8.51. The summed E-state index contributed by atoms with van der Waals surface area (Å²) in [5.74, 6) is 0. The quantitative estimate of drug-likeness (QED) is 0.775. The molecule has 1 aliphatic carbocycles. The van der Waals surface area contributed by atoms with Gasteiger partial charge in [0, 0.05) is 13.1 Å². The van der Waals surface area contributed by atoms with Crippen molar-refractivity contribution in [2.75, 3.05) is 7.05 Å². The molecule has 0 N–H and O–H groups in total. The highest BCUT2D eigenvalue weighted by Gasteiger charge is 2.29. The van der Waals surface area contributed by atoms with E-state index in [1.165, 1.54) is 24.2 Å². The Morgan fingerprint density at radius 3 is 2.33 bits per heavy atom. The number of halogens is 1. The van der Waals surface area contributed by atoms with E-state index in [0.29, 0.717) is 4.21 Å². The van der Waals surface area contributed by atoms with Gasteiger partial charge < -0.3 is 0 Å². The van der Waals surface area contributed by atoms with Crippen molar-refractivity contribution in [2.24, 2.45) is 0 Å². The van der Waals surface area contributed by atoms with Crippen LogP contribution in [0.15, 0.2) is 20.1 Å². The van der Waals surface area contributed by atoms with Crippen molar-refractivity contribution in [1.29, 1.82) is 0 Å². The van der Waals surface area contributed by atoms with Crippen LogP contribution in [0.3, 0.4) is 0 Å². The Kier molecular flexibility index (Phi) is 4.86. The fraction of sp³-hybridized carbons (Fsp3) is 0.667. The summed E-state index contributed by atoms with van der Waals surface area (Å²) in [4.78, 5) is 0. The van der Waals surface area contributed by atoms with E-state index in [1.807, 2.05) is 0 Å². The van der Waals surface area contributed by atoms with Crippen LogP contribution in [0.2, 0.25) is 0 Å². The molecular formula is C12H18BrNO2S2. The fourth-order valence-corrected chi connectivity index (χ4v) is 6.01. The molecule has 18 heavy (non-hydrogen) atoms. The Labute approximate surface area is 121 Å². The number of sulfonamides is 1. The van der Waals surface area contributed by atoms with E-state index < -0.39 is 10.0 Å². The molecule has 3 nitrogen and oxygen atoms in total. The average Bonchev–Trinajstić information content (AvgIpc) is 2.63. The largest absolute Gasteiger partial charge is 0.252 e. The predicted octanol–water partition coefficient (Wildman–Crippen LogP) is 3.85. The molecule has 2 rings (SSSR count). The minimum atomic E-state index is -3.31. The van der Waals surface area contributed by atoms with Gasteiger partial charge in [0.2, 0.25) is 0 Å². The summed E-state index contributed by atoms with van der Waals surface area (Å²) in [6.07, 6.45) is 6.71. The van der Waals surface area contributed by atoms with Crippen molar-refractivity contribution in [3.63, 3.8) is 0 Å². The Hall–Kier alpha value is 0.0900. The van der Waals surface area contributed by atoms with Gasteiger partial charge in [-0.05, 0) is 40.9 Å². The number of hydrogen-bond acceptors (Lipinski definition) is 3. The zero-order chi connectivity index (χ0) is 13.2. The summed E-state index contributed by atoms with van der Waals surface area (Å²) >= 11 is 4.60. The fourth-order valence-electron chi connectivity index (χ4n) is 2.40. The van der Waals surface area contributed by atoms with Crippen LogP contribution in [0, 0.1) is 0 Å². The van der Waals surface area contributed by atoms with E-state index in [1.54, 1.807) is 23.5 Å². The molecule has 1 fully saturated rings. The lowest BCUT2D eigenvalue weighted by atomic mass is 10.1. The van der Waals surface area contributed by atoms with Crippen molar-refractivity contribution in [2.45, 2.75) is 48.8 Å². The number of thiophene rings is 1. The van der Waals surface area contributed by atoms with Gasteiger partial charge in [-0.2, -0.15) is 4.31 Å². The first kappa shape index (κ1) is 14.5. The summed E-state index contributed by atoms with van der Waals surface area (Å²) in [6.45, 7) is 0. The van der Waals surface area contributed by atoms with Crippen LogP contribution >= 0.6 is 27.3 Å². The minimum absolute atomic E-state index is 0.165. The average molecular weight is 352 g/mol. The number of rotatable bonds is 3. The Morgan fingerprint density at radius 1 is 1.22 bits per heavy atom. The molecular weight excluding hydrogens is 334 g/mol. The van der Waals surface area contributed by atoms with Gasteiger partial charge in [0.1, 0.15) is 4.21 Å². The maximum absolute atomic E-state index is 12.5. The first-order valence-corrected chi connectivity index (χ1v) is 9.30. The predicted molar refractivity (Wildman–Crippen MR) is 78.5 cm³/mol. The normalized spacial score (nSPS) is 19.1. The van der Waals surface area contributed by atoms with Crippen LogP contribution in [0.1, 0.15) is 38.5 Å². The van der Waals surface area contributed by atoms with Crippen molar-refractivity contribution in [3.05, 3.63) is 15.9 Å². The third kappa shape index (κ3) is 3.15. The topological polar surface area (TPSA) is 37.4 Å². The summed E-state index contributed by atoms with van der Waals surface area (Å²) in [7, 11) is -1.59. The molecule has 1 saturated carbocycles. The SMILES string of the molecule is CN(C1CCCCCC1)S(=O)(=O)c1ccc(Br)s1. The lowest BCUT2D eigenvalue weighted by Gasteiger charge is -2.25. The zero-order valence-corrected chi connectivity index (χ0v) is 13.7. The number of hydrogen-bond donors (Lipinski definition) is 0. The van der Waals surface area contributed by atoms with Gasteiger partial charge in [-0.1, -0.05) is 25.7 Å². The molecule has 0 radical (unpaired) electrons. The van der Waals surface area contributed by atoms with Gasteiger partial charge in [-0.3, -0.25) is 0 Å². The number of nitrogens with zero attached hydrogens (tertiary/aromatic N) is 1. The van der Waals surface area contributed by atoms with E-state index in [0.717, 1.165) is 29.5 Å². The molecule has 1 heterocycles. The highest BCUT2D eigenvalue weighted by Crippen LogP contribution is 2.31. The van der Waals surface area contributed by atoms with Crippen LogP contribution in [-0.2, 0) is 10.0 Å². The second kappa shape index (κ2) is 6.03. The molecule has 1 aliphatic rings. The van der Waals surface area contributed by atoms with Crippen molar-refractivity contribution in [3.8, 4) is 0 Å². The van der Waals surface area contributed by atoms with Gasteiger partial charge in [-0.25, -0.2) is 8.42 Å². The van der Waals surface area contributed by atoms with E-state index >= 15 is 0 Å². The van der Waals surface area contributed by atoms with Gasteiger partial charge in [0.05, 0.1) is 3.79 Å². The molecule has 0 spiro atoms. The van der Waals surface area contributed by atoms with Gasteiger partial charge in [-0.15, -0.1) is 11.3 Å². The monoisotopic (exact) mass is 351 g/mol. The van der Waals surface area contributed by atoms with Crippen molar-refractivity contribution in [1.82, 2.24) is 4.31 Å². The molecule has 0 unspecified atom stereocenters. The highest BCUT2D eigenvalue weighted by atomic mass is 79.9. The lowest BCUT2D eigenvalue weighted by molar-refractivity contribution is 0.336. The Balaban J connectivity index is 2.18. The summed E-state index contributed by atoms with van der Waals surface area (Å²) in [5.41, 5.74) is 0. The summed E-state index contributed by atoms with van der Waals surface area (Å²) in [6, 6.07) is 3.63. The standard InChI is InChI=1S/C12H18BrNO2S2/c1-14(10-6-4-2-3-5-7-10)18(15,16)12-9-8-11(13)17-12/h8-10H,2-7H2,1H3. The van der Waals surface area contributed by atoms with Crippen LogP contribution in [0.25, 0.3) is 0 Å².